The Balaban J connectivity index is 2.14. The topological polar surface area (TPSA) is 57.0 Å². The molecule has 3 aromatic rings. The molecule has 0 bridgehead atoms. The molecule has 0 unspecified atom stereocenters. The van der Waals surface area contributed by atoms with Gasteiger partial charge in [0.05, 0.1) is 12.7 Å². The molecule has 0 fully saturated rings. The molecular formula is C16H13N3O2. The number of para-hydroxylation sites is 2. The summed E-state index contributed by atoms with van der Waals surface area (Å²) in [5.74, 6) is 0.693. The van der Waals surface area contributed by atoms with Crippen LogP contribution in [-0.2, 0) is 0 Å². The lowest BCUT2D eigenvalue weighted by Crippen LogP contribution is -1.98. The molecule has 0 saturated heterocycles. The smallest absolute Gasteiger partial charge is 0.153 e. The van der Waals surface area contributed by atoms with Crippen LogP contribution in [0.5, 0.6) is 5.75 Å². The Morgan fingerprint density at radius 2 is 1.90 bits per heavy atom. The predicted molar refractivity (Wildman–Crippen MR) is 78.7 cm³/mol. The van der Waals surface area contributed by atoms with E-state index in [1.165, 1.54) is 0 Å². The molecule has 5 nitrogen and oxygen atoms in total. The van der Waals surface area contributed by atoms with Crippen LogP contribution in [0.25, 0.3) is 16.9 Å². The molecule has 0 amide bonds. The Kier molecular flexibility index (Phi) is 3.47. The SMILES string of the molecule is COc1ccccc1-n1cc(C=O)c(-c2ccncc2)n1. The molecule has 2 heterocycles. The van der Waals surface area contributed by atoms with Gasteiger partial charge in [0, 0.05) is 24.2 Å². The second-order valence-electron chi connectivity index (χ2n) is 4.40. The van der Waals surface area contributed by atoms with E-state index < -0.39 is 0 Å². The Morgan fingerprint density at radius 1 is 1.14 bits per heavy atom. The van der Waals surface area contributed by atoms with Gasteiger partial charge in [-0.1, -0.05) is 12.1 Å². The minimum Gasteiger partial charge on any atom is -0.494 e. The highest BCUT2D eigenvalue weighted by Crippen LogP contribution is 2.26. The van der Waals surface area contributed by atoms with Crippen molar-refractivity contribution in [2.75, 3.05) is 7.11 Å². The van der Waals surface area contributed by atoms with E-state index in [1.807, 2.05) is 36.4 Å². The lowest BCUT2D eigenvalue weighted by molar-refractivity contribution is 0.112. The van der Waals surface area contributed by atoms with Gasteiger partial charge in [-0.05, 0) is 24.3 Å². The third-order valence-electron chi connectivity index (χ3n) is 3.16. The second kappa shape index (κ2) is 5.58. The van der Waals surface area contributed by atoms with E-state index in [9.17, 15) is 4.79 Å². The molecule has 0 spiro atoms. The number of aromatic nitrogens is 3. The lowest BCUT2D eigenvalue weighted by atomic mass is 10.1. The summed E-state index contributed by atoms with van der Waals surface area (Å²) in [4.78, 5) is 15.3. The van der Waals surface area contributed by atoms with Gasteiger partial charge in [0.1, 0.15) is 17.1 Å². The summed E-state index contributed by atoms with van der Waals surface area (Å²) in [5.41, 5.74) is 2.77. The maximum absolute atomic E-state index is 11.3. The molecule has 0 N–H and O–H groups in total. The zero-order valence-corrected chi connectivity index (χ0v) is 11.4. The minimum atomic E-state index is 0.520. The molecule has 104 valence electrons. The van der Waals surface area contributed by atoms with E-state index in [4.69, 9.17) is 4.74 Å². The standard InChI is InChI=1S/C16H13N3O2/c1-21-15-5-3-2-4-14(15)19-10-13(11-20)16(18-19)12-6-8-17-9-7-12/h2-11H,1H3. The maximum atomic E-state index is 11.3. The van der Waals surface area contributed by atoms with E-state index >= 15 is 0 Å². The first-order chi connectivity index (χ1) is 10.3. The van der Waals surface area contributed by atoms with Crippen molar-refractivity contribution in [1.82, 2.24) is 14.8 Å². The van der Waals surface area contributed by atoms with Crippen molar-refractivity contribution >= 4 is 6.29 Å². The van der Waals surface area contributed by atoms with E-state index in [1.54, 1.807) is 30.4 Å². The molecule has 0 aliphatic carbocycles. The van der Waals surface area contributed by atoms with E-state index in [0.29, 0.717) is 17.0 Å². The van der Waals surface area contributed by atoms with Crippen molar-refractivity contribution in [3.63, 3.8) is 0 Å². The Hall–Kier alpha value is -2.95. The third kappa shape index (κ3) is 2.41. The van der Waals surface area contributed by atoms with Gasteiger partial charge < -0.3 is 4.74 Å². The minimum absolute atomic E-state index is 0.520. The van der Waals surface area contributed by atoms with Crippen molar-refractivity contribution in [3.05, 3.63) is 60.6 Å². The van der Waals surface area contributed by atoms with Gasteiger partial charge in [-0.15, -0.1) is 0 Å². The van der Waals surface area contributed by atoms with E-state index in [0.717, 1.165) is 17.5 Å². The molecule has 2 aromatic heterocycles. The van der Waals surface area contributed by atoms with Crippen LogP contribution in [-0.4, -0.2) is 28.2 Å². The summed E-state index contributed by atoms with van der Waals surface area (Å²) in [6.07, 6.45) is 5.84. The first-order valence-corrected chi connectivity index (χ1v) is 6.42. The van der Waals surface area contributed by atoms with Crippen LogP contribution >= 0.6 is 0 Å². The van der Waals surface area contributed by atoms with Gasteiger partial charge in [0.2, 0.25) is 0 Å². The van der Waals surface area contributed by atoms with Gasteiger partial charge >= 0.3 is 0 Å². The number of hydrogen-bond acceptors (Lipinski definition) is 4. The summed E-state index contributed by atoms with van der Waals surface area (Å²) >= 11 is 0. The summed E-state index contributed by atoms with van der Waals surface area (Å²) < 4.78 is 6.98. The van der Waals surface area contributed by atoms with Crippen LogP contribution in [0.2, 0.25) is 0 Å². The highest BCUT2D eigenvalue weighted by Gasteiger charge is 2.13. The fourth-order valence-corrected chi connectivity index (χ4v) is 2.15. The number of benzene rings is 1. The normalized spacial score (nSPS) is 10.3. The van der Waals surface area contributed by atoms with Crippen molar-refractivity contribution in [2.24, 2.45) is 0 Å². The molecule has 0 aliphatic rings. The number of aldehydes is 1. The van der Waals surface area contributed by atoms with Crippen LogP contribution in [0, 0.1) is 0 Å². The van der Waals surface area contributed by atoms with Crippen LogP contribution in [0.3, 0.4) is 0 Å². The fourth-order valence-electron chi connectivity index (χ4n) is 2.15. The maximum Gasteiger partial charge on any atom is 0.153 e. The fraction of sp³-hybridized carbons (Fsp3) is 0.0625. The number of methoxy groups -OCH3 is 1. The molecule has 0 aliphatic heterocycles. The number of pyridine rings is 1. The van der Waals surface area contributed by atoms with Crippen LogP contribution in [0.15, 0.2) is 55.0 Å². The van der Waals surface area contributed by atoms with Crippen molar-refractivity contribution in [1.29, 1.82) is 0 Å². The number of carbonyl (C=O) groups excluding carboxylic acids is 1. The van der Waals surface area contributed by atoms with Gasteiger partial charge in [-0.2, -0.15) is 5.10 Å². The molecular weight excluding hydrogens is 266 g/mol. The number of rotatable bonds is 4. The quantitative estimate of drug-likeness (QED) is 0.689. The lowest BCUT2D eigenvalue weighted by Gasteiger charge is -2.07. The first kappa shape index (κ1) is 13.1. The van der Waals surface area contributed by atoms with Crippen LogP contribution in [0.1, 0.15) is 10.4 Å². The number of nitrogens with zero attached hydrogens (tertiary/aromatic N) is 3. The van der Waals surface area contributed by atoms with Gasteiger partial charge in [0.15, 0.2) is 6.29 Å². The highest BCUT2D eigenvalue weighted by atomic mass is 16.5. The largest absolute Gasteiger partial charge is 0.494 e. The molecule has 21 heavy (non-hydrogen) atoms. The van der Waals surface area contributed by atoms with Crippen molar-refractivity contribution in [3.8, 4) is 22.7 Å². The van der Waals surface area contributed by atoms with Gasteiger partial charge in [-0.25, -0.2) is 4.68 Å². The summed E-state index contributed by atoms with van der Waals surface area (Å²) in [5, 5.41) is 4.51. The monoisotopic (exact) mass is 279 g/mol. The molecule has 0 saturated carbocycles. The zero-order chi connectivity index (χ0) is 14.7. The summed E-state index contributed by atoms with van der Waals surface area (Å²) in [7, 11) is 1.60. The van der Waals surface area contributed by atoms with E-state index in [-0.39, 0.29) is 0 Å². The van der Waals surface area contributed by atoms with Crippen LogP contribution < -0.4 is 4.74 Å². The van der Waals surface area contributed by atoms with Gasteiger partial charge in [-0.3, -0.25) is 9.78 Å². The first-order valence-electron chi connectivity index (χ1n) is 6.42. The van der Waals surface area contributed by atoms with E-state index in [2.05, 4.69) is 10.1 Å². The van der Waals surface area contributed by atoms with Gasteiger partial charge in [0.25, 0.3) is 0 Å². The summed E-state index contributed by atoms with van der Waals surface area (Å²) in [6.45, 7) is 0. The third-order valence-corrected chi connectivity index (χ3v) is 3.16. The average molecular weight is 279 g/mol. The van der Waals surface area contributed by atoms with Crippen LogP contribution in [0.4, 0.5) is 0 Å². The molecule has 3 rings (SSSR count). The molecule has 0 radical (unpaired) electrons. The second-order valence-corrected chi connectivity index (χ2v) is 4.40. The number of ether oxygens (including phenoxy) is 1. The average Bonchev–Trinajstić information content (AvgIpc) is 2.99. The van der Waals surface area contributed by atoms with Crippen molar-refractivity contribution in [2.45, 2.75) is 0 Å². The highest BCUT2D eigenvalue weighted by molar-refractivity contribution is 5.85. The number of carbonyl (C=O) groups is 1. The molecule has 0 atom stereocenters. The Bertz CT molecular complexity index is 766. The molecule has 1 aromatic carbocycles. The van der Waals surface area contributed by atoms with Crippen molar-refractivity contribution < 1.29 is 9.53 Å². The summed E-state index contributed by atoms with van der Waals surface area (Å²) in [6, 6.07) is 11.2. The number of hydrogen-bond donors (Lipinski definition) is 0. The molecule has 5 heteroatoms. The predicted octanol–water partition coefficient (Wildman–Crippen LogP) is 2.76. The zero-order valence-electron chi connectivity index (χ0n) is 11.4. The Morgan fingerprint density at radius 3 is 2.62 bits per heavy atom. The Labute approximate surface area is 121 Å².